The Morgan fingerprint density at radius 1 is 0.849 bits per heavy atom. The van der Waals surface area contributed by atoms with E-state index in [1.807, 2.05) is 25.2 Å². The van der Waals surface area contributed by atoms with Gasteiger partial charge in [-0.25, -0.2) is 28.1 Å². The first-order valence-electron chi connectivity index (χ1n) is 18.1. The zero-order chi connectivity index (χ0) is 36.6. The van der Waals surface area contributed by atoms with Gasteiger partial charge in [0.2, 0.25) is 0 Å². The van der Waals surface area contributed by atoms with Crippen LogP contribution in [0.1, 0.15) is 60.6 Å². The summed E-state index contributed by atoms with van der Waals surface area (Å²) in [7, 11) is 2.02. The van der Waals surface area contributed by atoms with Crippen molar-refractivity contribution in [3.8, 4) is 16.8 Å². The number of halogens is 2. The monoisotopic (exact) mass is 718 g/mol. The van der Waals surface area contributed by atoms with E-state index in [9.17, 15) is 23.2 Å². The molecule has 2 aromatic carbocycles. The number of carbonyl (C=O) groups is 1. The third kappa shape index (κ3) is 7.01. The van der Waals surface area contributed by atoms with Crippen molar-refractivity contribution < 1.29 is 13.6 Å². The van der Waals surface area contributed by atoms with Gasteiger partial charge in [-0.1, -0.05) is 36.4 Å². The number of piperidine rings is 1. The summed E-state index contributed by atoms with van der Waals surface area (Å²) in [6.07, 6.45) is 7.90. The molecule has 1 aliphatic heterocycles. The molecule has 5 heterocycles. The molecule has 4 aromatic heterocycles. The van der Waals surface area contributed by atoms with Crippen molar-refractivity contribution in [2.45, 2.75) is 63.2 Å². The molecule has 2 N–H and O–H groups in total. The number of hydrogen-bond acceptors (Lipinski definition) is 7. The van der Waals surface area contributed by atoms with E-state index >= 15 is 0 Å². The molecule has 1 amide bonds. The number of pyridine rings is 2. The van der Waals surface area contributed by atoms with Gasteiger partial charge in [-0.15, -0.1) is 0 Å². The van der Waals surface area contributed by atoms with E-state index in [4.69, 9.17) is 0 Å². The molecule has 8 rings (SSSR count). The summed E-state index contributed by atoms with van der Waals surface area (Å²) in [6, 6.07) is 19.7. The number of nitrogens with one attached hydrogen (secondary N) is 2. The number of nitrogens with zero attached hydrogens (tertiary/aromatic N) is 6. The van der Waals surface area contributed by atoms with E-state index < -0.39 is 28.9 Å². The predicted octanol–water partition coefficient (Wildman–Crippen LogP) is 5.24. The summed E-state index contributed by atoms with van der Waals surface area (Å²) >= 11 is 0. The Bertz CT molecular complexity index is 2420. The first-order chi connectivity index (χ1) is 25.7. The molecule has 2 fully saturated rings. The van der Waals surface area contributed by atoms with E-state index in [1.54, 1.807) is 6.07 Å². The first kappa shape index (κ1) is 34.6. The summed E-state index contributed by atoms with van der Waals surface area (Å²) in [5.74, 6) is -1.50. The largest absolute Gasteiger partial charge is 0.348 e. The van der Waals surface area contributed by atoms with Gasteiger partial charge in [-0.3, -0.25) is 19.1 Å². The molecule has 6 aromatic rings. The van der Waals surface area contributed by atoms with Gasteiger partial charge in [0.05, 0.1) is 17.3 Å². The van der Waals surface area contributed by atoms with E-state index in [-0.39, 0.29) is 28.7 Å². The summed E-state index contributed by atoms with van der Waals surface area (Å²) in [6.45, 7) is 3.01. The van der Waals surface area contributed by atoms with Crippen molar-refractivity contribution in [2.75, 3.05) is 20.1 Å². The maximum Gasteiger partial charge on any atom is 0.337 e. The van der Waals surface area contributed by atoms with Crippen molar-refractivity contribution in [3.05, 3.63) is 129 Å². The second-order valence-electron chi connectivity index (χ2n) is 14.1. The minimum Gasteiger partial charge on any atom is -0.348 e. The van der Waals surface area contributed by atoms with E-state index in [2.05, 4.69) is 49.8 Å². The number of amides is 1. The maximum atomic E-state index is 14.6. The second kappa shape index (κ2) is 14.5. The molecule has 0 bridgehead atoms. The van der Waals surface area contributed by atoms with Crippen LogP contribution in [0, 0.1) is 11.6 Å². The highest BCUT2D eigenvalue weighted by Gasteiger charge is 2.29. The third-order valence-electron chi connectivity index (χ3n) is 10.7. The van der Waals surface area contributed by atoms with Crippen LogP contribution >= 0.6 is 0 Å². The van der Waals surface area contributed by atoms with E-state index in [0.717, 1.165) is 55.9 Å². The molecule has 1 saturated heterocycles. The highest BCUT2D eigenvalue weighted by molar-refractivity contribution is 5.93. The highest BCUT2D eigenvalue weighted by atomic mass is 19.1. The fraction of sp³-hybridized carbons (Fsp3) is 0.325. The van der Waals surface area contributed by atoms with Crippen LogP contribution in [0.4, 0.5) is 8.78 Å². The number of imidazole rings is 1. The topological polar surface area (TPSA) is 119 Å². The average Bonchev–Trinajstić information content (AvgIpc) is 3.60. The molecule has 1 aliphatic carbocycles. The fourth-order valence-corrected chi connectivity index (χ4v) is 7.81. The Hall–Kier alpha value is -5.53. The Balaban J connectivity index is 1.03. The second-order valence-corrected chi connectivity index (χ2v) is 14.1. The number of aromatic nitrogens is 5. The SMILES string of the molecule is CNC1CCN(Cc2ccc(-c3cccc(-n4c(=O)n(C5CCC(NC(=O)c6cn7cc(F)ccc7n6)CC5)c(=O)c5cc(F)cnc54)c3)cc2)CC1. The Labute approximate surface area is 303 Å². The zero-order valence-corrected chi connectivity index (χ0v) is 29.3. The number of hydrogen-bond donors (Lipinski definition) is 2. The van der Waals surface area contributed by atoms with E-state index in [0.29, 0.717) is 43.1 Å². The lowest BCUT2D eigenvalue weighted by atomic mass is 9.90. The molecular weight excluding hydrogens is 678 g/mol. The normalized spacial score (nSPS) is 18.5. The van der Waals surface area contributed by atoms with Gasteiger partial charge in [0.15, 0.2) is 5.65 Å². The quantitative estimate of drug-likeness (QED) is 0.221. The number of likely N-dealkylation sites (tertiary alicyclic amines) is 1. The number of carbonyl (C=O) groups excluding carboxylic acids is 1. The molecule has 0 atom stereocenters. The minimum absolute atomic E-state index is 0.0109. The molecule has 1 saturated carbocycles. The maximum absolute atomic E-state index is 14.6. The van der Waals surface area contributed by atoms with Gasteiger partial charge in [-0.2, -0.15) is 0 Å². The van der Waals surface area contributed by atoms with Crippen LogP contribution in [0.2, 0.25) is 0 Å². The standard InChI is InChI=1S/C40H40F2N8O3/c1-43-30-15-17-47(18-16-30)22-25-5-7-26(8-6-25)27-3-2-4-33(19-27)49-37-34(20-29(42)21-44-37)39(52)50(40(49)53)32-12-10-31(11-13-32)45-38(51)35-24-48-23-28(41)9-14-36(48)46-35/h2-9,14,19-21,23-24,30-32,43H,10-13,15-18,22H2,1H3,(H,45,51). The average molecular weight is 719 g/mol. The van der Waals surface area contributed by atoms with Crippen LogP contribution in [0.3, 0.4) is 0 Å². The van der Waals surface area contributed by atoms with Crippen molar-refractivity contribution in [1.82, 2.24) is 39.0 Å². The molecule has 2 aliphatic rings. The lowest BCUT2D eigenvalue weighted by molar-refractivity contribution is 0.0917. The summed E-state index contributed by atoms with van der Waals surface area (Å²) in [5.41, 5.74) is 3.15. The first-order valence-corrected chi connectivity index (χ1v) is 18.1. The zero-order valence-electron chi connectivity index (χ0n) is 29.3. The molecule has 0 spiro atoms. The Morgan fingerprint density at radius 3 is 2.38 bits per heavy atom. The number of benzene rings is 2. The molecule has 53 heavy (non-hydrogen) atoms. The van der Waals surface area contributed by atoms with Crippen LogP contribution in [0.15, 0.2) is 94.9 Å². The molecule has 11 nitrogen and oxygen atoms in total. The van der Waals surface area contributed by atoms with E-state index in [1.165, 1.54) is 43.6 Å². The Morgan fingerprint density at radius 2 is 1.62 bits per heavy atom. The van der Waals surface area contributed by atoms with Crippen LogP contribution in [0.25, 0.3) is 33.5 Å². The number of rotatable bonds is 8. The lowest BCUT2D eigenvalue weighted by Crippen LogP contribution is -2.45. The van der Waals surface area contributed by atoms with Gasteiger partial charge < -0.3 is 15.0 Å². The van der Waals surface area contributed by atoms with Gasteiger partial charge in [0.25, 0.3) is 11.5 Å². The van der Waals surface area contributed by atoms with Gasteiger partial charge in [0, 0.05) is 37.1 Å². The highest BCUT2D eigenvalue weighted by Crippen LogP contribution is 2.29. The summed E-state index contributed by atoms with van der Waals surface area (Å²) in [4.78, 5) is 52.2. The van der Waals surface area contributed by atoms with Crippen LogP contribution in [0.5, 0.6) is 0 Å². The fourth-order valence-electron chi connectivity index (χ4n) is 7.81. The Kier molecular flexibility index (Phi) is 9.44. The predicted molar refractivity (Wildman–Crippen MR) is 198 cm³/mol. The van der Waals surface area contributed by atoms with Crippen molar-refractivity contribution in [1.29, 1.82) is 0 Å². The van der Waals surface area contributed by atoms with Crippen molar-refractivity contribution in [2.24, 2.45) is 0 Å². The number of fused-ring (bicyclic) bond motifs is 2. The van der Waals surface area contributed by atoms with Crippen LogP contribution in [-0.4, -0.2) is 66.5 Å². The molecule has 272 valence electrons. The third-order valence-corrected chi connectivity index (χ3v) is 10.7. The summed E-state index contributed by atoms with van der Waals surface area (Å²) < 4.78 is 32.3. The van der Waals surface area contributed by atoms with Crippen LogP contribution < -0.4 is 21.9 Å². The molecule has 0 radical (unpaired) electrons. The molecular formula is C40H40F2N8O3. The van der Waals surface area contributed by atoms with Gasteiger partial charge in [-0.05, 0) is 106 Å². The van der Waals surface area contributed by atoms with Crippen molar-refractivity contribution in [3.63, 3.8) is 0 Å². The lowest BCUT2D eigenvalue weighted by Gasteiger charge is -2.31. The molecule has 0 unspecified atom stereocenters. The van der Waals surface area contributed by atoms with Gasteiger partial charge >= 0.3 is 5.69 Å². The summed E-state index contributed by atoms with van der Waals surface area (Å²) in [5, 5.41) is 6.38. The minimum atomic E-state index is -0.673. The smallest absolute Gasteiger partial charge is 0.337 e. The van der Waals surface area contributed by atoms with Gasteiger partial charge in [0.1, 0.15) is 23.0 Å². The molecule has 13 heteroatoms. The van der Waals surface area contributed by atoms with Crippen LogP contribution in [-0.2, 0) is 6.54 Å². The van der Waals surface area contributed by atoms with Crippen molar-refractivity contribution >= 4 is 22.6 Å².